The molecule has 2 heteroatoms. The third-order valence-corrected chi connectivity index (χ3v) is 2.31. The molecule has 0 saturated heterocycles. The highest BCUT2D eigenvalue weighted by Crippen LogP contribution is 2.16. The van der Waals surface area contributed by atoms with E-state index in [-0.39, 0.29) is 0 Å². The van der Waals surface area contributed by atoms with Gasteiger partial charge in [0.05, 0.1) is 25.1 Å². The van der Waals surface area contributed by atoms with E-state index in [1.54, 1.807) is 25.1 Å². The lowest BCUT2D eigenvalue weighted by Crippen LogP contribution is -1.78. The molecule has 0 unspecified atom stereocenters. The highest BCUT2D eigenvalue weighted by Gasteiger charge is 1.97. The van der Waals surface area contributed by atoms with Crippen LogP contribution in [-0.4, -0.2) is 0 Å². The molecule has 2 heterocycles. The van der Waals surface area contributed by atoms with Gasteiger partial charge in [0.25, 0.3) is 0 Å². The Bertz CT molecular complexity index is 459. The van der Waals surface area contributed by atoms with Gasteiger partial charge in [0.1, 0.15) is 0 Å². The maximum absolute atomic E-state index is 5.03. The standard InChI is InChI=1S/C14H13O2/c1-2-13(14-7-9-16-11-14)5-3-4-12-6-8-15-10-12/h2-3,5-11H,1,4H2. The summed E-state index contributed by atoms with van der Waals surface area (Å²) < 4.78 is 10.0. The monoisotopic (exact) mass is 213 g/mol. The average molecular weight is 213 g/mol. The molecule has 1 radical (unpaired) electrons. The van der Waals surface area contributed by atoms with Gasteiger partial charge < -0.3 is 8.83 Å². The van der Waals surface area contributed by atoms with E-state index in [1.165, 1.54) is 0 Å². The van der Waals surface area contributed by atoms with Crippen molar-refractivity contribution in [2.24, 2.45) is 0 Å². The summed E-state index contributed by atoms with van der Waals surface area (Å²) in [6.07, 6.45) is 13.6. The number of hydrogen-bond acceptors (Lipinski definition) is 2. The molecule has 2 rings (SSSR count). The Kier molecular flexibility index (Phi) is 3.44. The Morgan fingerprint density at radius 3 is 2.62 bits per heavy atom. The van der Waals surface area contributed by atoms with E-state index in [2.05, 4.69) is 13.0 Å². The zero-order valence-electron chi connectivity index (χ0n) is 8.93. The lowest BCUT2D eigenvalue weighted by Gasteiger charge is -1.95. The average Bonchev–Trinajstić information content (AvgIpc) is 2.96. The van der Waals surface area contributed by atoms with Gasteiger partial charge in [-0.3, -0.25) is 0 Å². The van der Waals surface area contributed by atoms with E-state index >= 15 is 0 Å². The van der Waals surface area contributed by atoms with Crippen molar-refractivity contribution in [1.82, 2.24) is 0 Å². The molecule has 2 aromatic rings. The van der Waals surface area contributed by atoms with Gasteiger partial charge in [-0.25, -0.2) is 0 Å². The zero-order valence-corrected chi connectivity index (χ0v) is 8.93. The summed E-state index contributed by atoms with van der Waals surface area (Å²) in [5.41, 5.74) is 3.25. The van der Waals surface area contributed by atoms with E-state index < -0.39 is 0 Å². The summed E-state index contributed by atoms with van der Waals surface area (Å²) in [6, 6.07) is 3.87. The van der Waals surface area contributed by atoms with Crippen LogP contribution in [0.1, 0.15) is 11.1 Å². The Hall–Kier alpha value is -1.96. The van der Waals surface area contributed by atoms with E-state index in [4.69, 9.17) is 8.83 Å². The summed E-state index contributed by atoms with van der Waals surface area (Å²) in [6.45, 7) is 3.78. The summed E-state index contributed by atoms with van der Waals surface area (Å²) in [7, 11) is 0. The fourth-order valence-electron chi connectivity index (χ4n) is 1.44. The van der Waals surface area contributed by atoms with Crippen LogP contribution in [-0.2, 0) is 6.42 Å². The fourth-order valence-corrected chi connectivity index (χ4v) is 1.44. The molecule has 2 nitrogen and oxygen atoms in total. The van der Waals surface area contributed by atoms with Gasteiger partial charge in [-0.2, -0.15) is 0 Å². The van der Waals surface area contributed by atoms with Crippen LogP contribution in [0, 0.1) is 6.92 Å². The first-order chi connectivity index (χ1) is 7.90. The first-order valence-corrected chi connectivity index (χ1v) is 5.09. The molecule has 0 aliphatic heterocycles. The van der Waals surface area contributed by atoms with Crippen molar-refractivity contribution in [3.8, 4) is 0 Å². The van der Waals surface area contributed by atoms with Crippen molar-refractivity contribution in [3.63, 3.8) is 0 Å². The van der Waals surface area contributed by atoms with Crippen LogP contribution >= 0.6 is 0 Å². The molecule has 0 bridgehead atoms. The molecule has 0 atom stereocenters. The van der Waals surface area contributed by atoms with Crippen LogP contribution in [0.4, 0.5) is 0 Å². The van der Waals surface area contributed by atoms with Gasteiger partial charge in [0, 0.05) is 5.56 Å². The van der Waals surface area contributed by atoms with E-state index in [9.17, 15) is 0 Å². The first kappa shape index (κ1) is 10.6. The van der Waals surface area contributed by atoms with Crippen LogP contribution in [0.5, 0.6) is 0 Å². The predicted octanol–water partition coefficient (Wildman–Crippen LogP) is 3.89. The molecule has 0 fully saturated rings. The second kappa shape index (κ2) is 5.21. The van der Waals surface area contributed by atoms with Gasteiger partial charge in [-0.15, -0.1) is 0 Å². The Morgan fingerprint density at radius 1 is 1.19 bits per heavy atom. The Morgan fingerprint density at radius 2 is 2.00 bits per heavy atom. The maximum atomic E-state index is 5.03. The predicted molar refractivity (Wildman–Crippen MR) is 63.6 cm³/mol. The minimum Gasteiger partial charge on any atom is -0.472 e. The highest BCUT2D eigenvalue weighted by atomic mass is 16.3. The molecule has 2 aromatic heterocycles. The van der Waals surface area contributed by atoms with Crippen LogP contribution in [0.15, 0.2) is 64.2 Å². The molecule has 81 valence electrons. The molecule has 0 aliphatic carbocycles. The molecular formula is C14H13O2. The van der Waals surface area contributed by atoms with Crippen molar-refractivity contribution in [2.45, 2.75) is 6.42 Å². The molecule has 16 heavy (non-hydrogen) atoms. The maximum Gasteiger partial charge on any atom is 0.0980 e. The number of allylic oxidation sites excluding steroid dienone is 4. The zero-order chi connectivity index (χ0) is 11.2. The van der Waals surface area contributed by atoms with Gasteiger partial charge in [-0.1, -0.05) is 18.2 Å². The third kappa shape index (κ3) is 2.54. The number of hydrogen-bond donors (Lipinski definition) is 0. The SMILES string of the molecule is [CH2]C=C(C=CCc1ccoc1)c1ccoc1. The largest absolute Gasteiger partial charge is 0.472 e. The summed E-state index contributed by atoms with van der Waals surface area (Å²) in [5, 5.41) is 0. The van der Waals surface area contributed by atoms with Crippen LogP contribution in [0.25, 0.3) is 5.57 Å². The van der Waals surface area contributed by atoms with Crippen LogP contribution in [0.3, 0.4) is 0 Å². The van der Waals surface area contributed by atoms with Gasteiger partial charge in [0.15, 0.2) is 0 Å². The first-order valence-electron chi connectivity index (χ1n) is 5.09. The van der Waals surface area contributed by atoms with Gasteiger partial charge >= 0.3 is 0 Å². The molecule has 0 aromatic carbocycles. The Balaban J connectivity index is 2.00. The Labute approximate surface area is 94.9 Å². The minimum absolute atomic E-state index is 0.853. The molecule has 0 amide bonds. The second-order valence-electron chi connectivity index (χ2n) is 3.41. The lowest BCUT2D eigenvalue weighted by atomic mass is 10.1. The lowest BCUT2D eigenvalue weighted by molar-refractivity contribution is 0.564. The molecule has 0 saturated carbocycles. The van der Waals surface area contributed by atoms with E-state index in [1.807, 2.05) is 24.3 Å². The van der Waals surface area contributed by atoms with Gasteiger partial charge in [0.2, 0.25) is 0 Å². The number of rotatable bonds is 4. The smallest absolute Gasteiger partial charge is 0.0980 e. The summed E-state index contributed by atoms with van der Waals surface area (Å²) in [4.78, 5) is 0. The third-order valence-electron chi connectivity index (χ3n) is 2.31. The van der Waals surface area contributed by atoms with Crippen LogP contribution < -0.4 is 0 Å². The molecule has 0 N–H and O–H groups in total. The normalized spacial score (nSPS) is 12.4. The quantitative estimate of drug-likeness (QED) is 0.720. The summed E-state index contributed by atoms with van der Waals surface area (Å²) in [5.74, 6) is 0. The topological polar surface area (TPSA) is 26.3 Å². The number of furan rings is 2. The van der Waals surface area contributed by atoms with Crippen molar-refractivity contribution < 1.29 is 8.83 Å². The molecule has 0 spiro atoms. The molecule has 0 aliphatic rings. The van der Waals surface area contributed by atoms with E-state index in [0.717, 1.165) is 23.1 Å². The van der Waals surface area contributed by atoms with Crippen molar-refractivity contribution in [2.75, 3.05) is 0 Å². The van der Waals surface area contributed by atoms with Gasteiger partial charge in [-0.05, 0) is 36.6 Å². The minimum atomic E-state index is 0.853. The second-order valence-corrected chi connectivity index (χ2v) is 3.41. The van der Waals surface area contributed by atoms with Crippen LogP contribution in [0.2, 0.25) is 0 Å². The van der Waals surface area contributed by atoms with Crippen molar-refractivity contribution in [3.05, 3.63) is 73.5 Å². The molecular weight excluding hydrogens is 200 g/mol. The summed E-state index contributed by atoms with van der Waals surface area (Å²) >= 11 is 0. The fraction of sp³-hybridized carbons (Fsp3) is 0.0714. The van der Waals surface area contributed by atoms with E-state index in [0.29, 0.717) is 0 Å². The van der Waals surface area contributed by atoms with Crippen molar-refractivity contribution in [1.29, 1.82) is 0 Å². The highest BCUT2D eigenvalue weighted by molar-refractivity contribution is 5.73. The van der Waals surface area contributed by atoms with Crippen molar-refractivity contribution >= 4 is 5.57 Å².